The Morgan fingerprint density at radius 1 is 0.941 bits per heavy atom. The summed E-state index contributed by atoms with van der Waals surface area (Å²) in [7, 11) is -2.12. The molecule has 3 aromatic rings. The van der Waals surface area contributed by atoms with Crippen molar-refractivity contribution in [3.8, 4) is 0 Å². The van der Waals surface area contributed by atoms with E-state index in [1.54, 1.807) is 61.6 Å². The van der Waals surface area contributed by atoms with E-state index in [2.05, 4.69) is 15.4 Å². The van der Waals surface area contributed by atoms with Gasteiger partial charge in [0.1, 0.15) is 0 Å². The Bertz CT molecular complexity index is 1300. The van der Waals surface area contributed by atoms with E-state index in [4.69, 9.17) is 23.2 Å². The quantitative estimate of drug-likeness (QED) is 0.353. The topological polar surface area (TPSA) is 87.3 Å². The van der Waals surface area contributed by atoms with E-state index in [9.17, 15) is 13.2 Å². The van der Waals surface area contributed by atoms with Gasteiger partial charge in [0.15, 0.2) is 0 Å². The van der Waals surface area contributed by atoms with Crippen LogP contribution in [0.4, 0.5) is 11.4 Å². The van der Waals surface area contributed by atoms with E-state index in [1.807, 2.05) is 26.8 Å². The van der Waals surface area contributed by atoms with Crippen molar-refractivity contribution in [2.45, 2.75) is 37.6 Å². The lowest BCUT2D eigenvalue weighted by atomic mass is 9.87. The van der Waals surface area contributed by atoms with Gasteiger partial charge < -0.3 is 10.6 Å². The van der Waals surface area contributed by atoms with E-state index in [-0.39, 0.29) is 25.9 Å². The Morgan fingerprint density at radius 2 is 1.59 bits per heavy atom. The normalized spacial score (nSPS) is 11.8. The van der Waals surface area contributed by atoms with Gasteiger partial charge in [-0.2, -0.15) is 0 Å². The fourth-order valence-electron chi connectivity index (χ4n) is 3.34. The molecule has 0 aliphatic carbocycles. The zero-order valence-corrected chi connectivity index (χ0v) is 21.7. The molecule has 3 rings (SSSR count). The Kier molecular flexibility index (Phi) is 7.93. The third kappa shape index (κ3) is 6.10. The molecular weight excluding hydrogens is 493 g/mol. The Hall–Kier alpha value is -2.58. The van der Waals surface area contributed by atoms with Gasteiger partial charge in [-0.15, -0.1) is 0 Å². The molecule has 0 saturated carbocycles. The van der Waals surface area contributed by atoms with Crippen LogP contribution in [0.3, 0.4) is 0 Å². The average molecular weight is 520 g/mol. The first kappa shape index (κ1) is 26.0. The Balaban J connectivity index is 1.95. The fraction of sp³-hybridized carbons (Fsp3) is 0.240. The zero-order valence-electron chi connectivity index (χ0n) is 19.4. The molecule has 9 heteroatoms. The monoisotopic (exact) mass is 519 g/mol. The van der Waals surface area contributed by atoms with Gasteiger partial charge in [0.25, 0.3) is 15.9 Å². The number of benzene rings is 3. The van der Waals surface area contributed by atoms with Crippen LogP contribution in [0.5, 0.6) is 0 Å². The number of carbonyl (C=O) groups is 1. The van der Waals surface area contributed by atoms with Gasteiger partial charge in [0.2, 0.25) is 0 Å². The molecule has 0 saturated heterocycles. The van der Waals surface area contributed by atoms with E-state index in [0.717, 1.165) is 5.56 Å². The van der Waals surface area contributed by atoms with Crippen molar-refractivity contribution in [3.63, 3.8) is 0 Å². The van der Waals surface area contributed by atoms with Crippen LogP contribution in [0.25, 0.3) is 0 Å². The Labute approximate surface area is 210 Å². The van der Waals surface area contributed by atoms with Gasteiger partial charge >= 0.3 is 0 Å². The second-order valence-electron chi connectivity index (χ2n) is 8.84. The molecular formula is C25H27Cl2N3O3S. The summed E-state index contributed by atoms with van der Waals surface area (Å²) >= 11 is 12.3. The molecule has 0 unspecified atom stereocenters. The van der Waals surface area contributed by atoms with E-state index in [1.165, 1.54) is 0 Å². The summed E-state index contributed by atoms with van der Waals surface area (Å²) in [5.74, 6) is -0.497. The number of sulfonamides is 1. The molecule has 34 heavy (non-hydrogen) atoms. The molecule has 0 aromatic heterocycles. The third-order valence-corrected chi connectivity index (χ3v) is 7.17. The lowest BCUT2D eigenvalue weighted by Gasteiger charge is -2.20. The highest BCUT2D eigenvalue weighted by Gasteiger charge is 2.21. The first-order chi connectivity index (χ1) is 15.9. The second kappa shape index (κ2) is 10.4. The van der Waals surface area contributed by atoms with Crippen molar-refractivity contribution < 1.29 is 13.2 Å². The predicted molar refractivity (Wildman–Crippen MR) is 140 cm³/mol. The molecule has 6 nitrogen and oxygen atoms in total. The van der Waals surface area contributed by atoms with Gasteiger partial charge in [0.05, 0.1) is 26.2 Å². The molecule has 0 bridgehead atoms. The molecule has 0 aliphatic rings. The summed E-state index contributed by atoms with van der Waals surface area (Å²) in [5.41, 5.74) is 2.30. The number of carbonyl (C=O) groups excluding carboxylic acids is 1. The number of rotatable bonds is 7. The maximum atomic E-state index is 13.2. The van der Waals surface area contributed by atoms with Gasteiger partial charge in [0, 0.05) is 12.2 Å². The first-order valence-corrected chi connectivity index (χ1v) is 12.8. The van der Waals surface area contributed by atoms with Crippen molar-refractivity contribution >= 4 is 50.5 Å². The number of amides is 1. The van der Waals surface area contributed by atoms with Gasteiger partial charge in [-0.25, -0.2) is 8.42 Å². The summed E-state index contributed by atoms with van der Waals surface area (Å²) < 4.78 is 29.1. The predicted octanol–water partition coefficient (Wildman–Crippen LogP) is 6.06. The molecule has 0 spiro atoms. The zero-order chi connectivity index (χ0) is 25.1. The van der Waals surface area contributed by atoms with Crippen LogP contribution in [-0.4, -0.2) is 21.4 Å². The number of hydrogen-bond donors (Lipinski definition) is 3. The maximum Gasteiger partial charge on any atom is 0.261 e. The largest absolute Gasteiger partial charge is 0.322 e. The molecule has 180 valence electrons. The van der Waals surface area contributed by atoms with Crippen molar-refractivity contribution in [3.05, 3.63) is 87.4 Å². The summed E-state index contributed by atoms with van der Waals surface area (Å²) in [6, 6.07) is 16.7. The summed E-state index contributed by atoms with van der Waals surface area (Å²) in [6.45, 7) is 6.49. The molecule has 3 aromatic carbocycles. The minimum Gasteiger partial charge on any atom is -0.322 e. The lowest BCUT2D eigenvalue weighted by Crippen LogP contribution is -2.18. The van der Waals surface area contributed by atoms with Crippen LogP contribution in [0.2, 0.25) is 10.0 Å². The maximum absolute atomic E-state index is 13.2. The van der Waals surface area contributed by atoms with Crippen molar-refractivity contribution in [2.75, 3.05) is 17.1 Å². The SMILES string of the molecule is CNCc1ccc(NC(=O)c2c(Cl)cccc2Cl)cc1NS(=O)(=O)c1cccc(C(C)(C)C)c1. The van der Waals surface area contributed by atoms with E-state index in [0.29, 0.717) is 23.5 Å². The van der Waals surface area contributed by atoms with E-state index < -0.39 is 15.9 Å². The smallest absolute Gasteiger partial charge is 0.261 e. The minimum atomic E-state index is -3.88. The Morgan fingerprint density at radius 3 is 2.21 bits per heavy atom. The van der Waals surface area contributed by atoms with Crippen LogP contribution in [0, 0.1) is 0 Å². The molecule has 0 radical (unpaired) electrons. The molecule has 0 aliphatic heterocycles. The first-order valence-electron chi connectivity index (χ1n) is 10.6. The van der Waals surface area contributed by atoms with Crippen molar-refractivity contribution in [2.24, 2.45) is 0 Å². The van der Waals surface area contributed by atoms with Crippen LogP contribution in [-0.2, 0) is 22.0 Å². The second-order valence-corrected chi connectivity index (χ2v) is 11.3. The summed E-state index contributed by atoms with van der Waals surface area (Å²) in [6.07, 6.45) is 0. The molecule has 1 amide bonds. The van der Waals surface area contributed by atoms with Crippen molar-refractivity contribution in [1.29, 1.82) is 0 Å². The standard InChI is InChI=1S/C25H27Cl2N3O3S/c1-25(2,3)17-7-5-8-19(13-17)34(32,33)30-22-14-18(12-11-16(22)15-28-4)29-24(31)23-20(26)9-6-10-21(23)27/h5-14,28,30H,15H2,1-4H3,(H,29,31). The van der Waals surface area contributed by atoms with Gasteiger partial charge in [-0.05, 0) is 60.0 Å². The highest BCUT2D eigenvalue weighted by Crippen LogP contribution is 2.29. The lowest BCUT2D eigenvalue weighted by molar-refractivity contribution is 0.102. The highest BCUT2D eigenvalue weighted by atomic mass is 35.5. The van der Waals surface area contributed by atoms with Gasteiger partial charge in [-0.1, -0.05) is 68.2 Å². The number of halogens is 2. The molecule has 0 heterocycles. The average Bonchev–Trinajstić information content (AvgIpc) is 2.75. The summed E-state index contributed by atoms with van der Waals surface area (Å²) in [4.78, 5) is 12.9. The molecule has 3 N–H and O–H groups in total. The number of anilines is 2. The minimum absolute atomic E-state index is 0.145. The molecule has 0 atom stereocenters. The van der Waals surface area contributed by atoms with Crippen molar-refractivity contribution in [1.82, 2.24) is 5.32 Å². The van der Waals surface area contributed by atoms with Crippen LogP contribution >= 0.6 is 23.2 Å². The van der Waals surface area contributed by atoms with Crippen LogP contribution in [0.1, 0.15) is 42.3 Å². The van der Waals surface area contributed by atoms with Gasteiger partial charge in [-0.3, -0.25) is 9.52 Å². The van der Waals surface area contributed by atoms with Crippen LogP contribution < -0.4 is 15.4 Å². The van der Waals surface area contributed by atoms with Crippen LogP contribution in [0.15, 0.2) is 65.6 Å². The van der Waals surface area contributed by atoms with E-state index >= 15 is 0 Å². The number of nitrogens with one attached hydrogen (secondary N) is 3. The molecule has 0 fully saturated rings. The number of hydrogen-bond acceptors (Lipinski definition) is 4. The summed E-state index contributed by atoms with van der Waals surface area (Å²) in [5, 5.41) is 6.20. The third-order valence-electron chi connectivity index (χ3n) is 5.18. The highest BCUT2D eigenvalue weighted by molar-refractivity contribution is 7.92. The fourth-order valence-corrected chi connectivity index (χ4v) is 5.04.